The van der Waals surface area contributed by atoms with Gasteiger partial charge in [0.1, 0.15) is 11.2 Å². The van der Waals surface area contributed by atoms with Crippen LogP contribution in [-0.2, 0) is 26.9 Å². The van der Waals surface area contributed by atoms with E-state index in [2.05, 4.69) is 10.1 Å². The summed E-state index contributed by atoms with van der Waals surface area (Å²) in [6.07, 6.45) is -4.29. The van der Waals surface area contributed by atoms with E-state index >= 15 is 0 Å². The summed E-state index contributed by atoms with van der Waals surface area (Å²) in [5, 5.41) is 3.52. The van der Waals surface area contributed by atoms with Gasteiger partial charge in [0.2, 0.25) is 5.82 Å². The molecule has 8 nitrogen and oxygen atoms in total. The highest BCUT2D eigenvalue weighted by Crippen LogP contribution is 2.39. The number of carbonyl (C=O) groups excluding carboxylic acids is 2. The molecule has 12 heteroatoms. The number of hydrogen-bond donors (Lipinski definition) is 0. The highest BCUT2D eigenvalue weighted by Gasteiger charge is 2.38. The average molecular weight is 594 g/mol. The summed E-state index contributed by atoms with van der Waals surface area (Å²) in [6.45, 7) is 10.7. The predicted molar refractivity (Wildman–Crippen MR) is 146 cm³/mol. The van der Waals surface area contributed by atoms with Gasteiger partial charge in [-0.15, -0.1) is 0 Å². The number of amides is 1. The second-order valence-corrected chi connectivity index (χ2v) is 12.2. The van der Waals surface area contributed by atoms with E-state index in [0.717, 1.165) is 17.7 Å². The average Bonchev–Trinajstić information content (AvgIpc) is 3.44. The Bertz CT molecular complexity index is 1460. The summed E-state index contributed by atoms with van der Waals surface area (Å²) in [5.41, 5.74) is -0.342. The second kappa shape index (κ2) is 11.0. The molecule has 2 aromatic carbocycles. The molecule has 4 rings (SSSR count). The minimum absolute atomic E-state index is 0.0694. The van der Waals surface area contributed by atoms with Crippen molar-refractivity contribution in [3.63, 3.8) is 0 Å². The van der Waals surface area contributed by atoms with Gasteiger partial charge in [0.25, 0.3) is 5.89 Å². The van der Waals surface area contributed by atoms with Crippen molar-refractivity contribution in [2.45, 2.75) is 84.2 Å². The molecule has 0 saturated heterocycles. The Hall–Kier alpha value is -3.60. The van der Waals surface area contributed by atoms with Crippen LogP contribution in [0.1, 0.15) is 65.5 Å². The van der Waals surface area contributed by atoms with Crippen LogP contribution < -0.4 is 4.90 Å². The van der Waals surface area contributed by atoms with Crippen molar-refractivity contribution in [1.82, 2.24) is 10.1 Å². The van der Waals surface area contributed by atoms with Crippen LogP contribution >= 0.6 is 11.6 Å². The van der Waals surface area contributed by atoms with E-state index < -0.39 is 34.1 Å². The molecule has 1 aromatic heterocycles. The lowest BCUT2D eigenvalue weighted by molar-refractivity contribution is -0.155. The lowest BCUT2D eigenvalue weighted by Gasteiger charge is -2.29. The van der Waals surface area contributed by atoms with Crippen LogP contribution in [0.5, 0.6) is 0 Å². The van der Waals surface area contributed by atoms with Crippen molar-refractivity contribution in [3.8, 4) is 22.8 Å². The molecule has 3 aromatic rings. The van der Waals surface area contributed by atoms with Crippen molar-refractivity contribution in [2.75, 3.05) is 4.90 Å². The molecule has 0 spiro atoms. The Morgan fingerprint density at radius 2 is 1.66 bits per heavy atom. The molecule has 1 aliphatic heterocycles. The largest absolute Gasteiger partial charge is 0.460 e. The van der Waals surface area contributed by atoms with Gasteiger partial charge in [-0.3, -0.25) is 9.69 Å². The van der Waals surface area contributed by atoms with E-state index in [-0.39, 0.29) is 35.7 Å². The summed E-state index contributed by atoms with van der Waals surface area (Å²) in [5.74, 6) is -0.311. The number of hydrogen-bond acceptors (Lipinski definition) is 7. The standard InChI is InChI=1S/C29H31ClF3N3O5/c1-27(2,3)39-23(37)12-9-19-14-18-13-16(8-11-22(18)36(19)26(38)40-28(4,5)6)24-34-25(41-35-24)17-7-10-21(30)20(15-17)29(31,32)33/h7-8,10-11,13,15,19H,9,12,14H2,1-6H3/t19-/m1/s1. The fourth-order valence-electron chi connectivity index (χ4n) is 4.47. The molecule has 1 aliphatic rings. The number of carbonyl (C=O) groups is 2. The molecule has 220 valence electrons. The third-order valence-corrected chi connectivity index (χ3v) is 6.38. The van der Waals surface area contributed by atoms with Crippen molar-refractivity contribution in [3.05, 3.63) is 52.5 Å². The van der Waals surface area contributed by atoms with E-state index in [1.165, 1.54) is 6.07 Å². The van der Waals surface area contributed by atoms with Gasteiger partial charge in [0.05, 0.1) is 16.3 Å². The first-order valence-corrected chi connectivity index (χ1v) is 13.4. The number of nitrogens with zero attached hydrogens (tertiary/aromatic N) is 3. The Labute approximate surface area is 240 Å². The number of anilines is 1. The van der Waals surface area contributed by atoms with Crippen LogP contribution in [0.4, 0.5) is 23.7 Å². The maximum Gasteiger partial charge on any atom is 0.417 e. The molecule has 0 fully saturated rings. The number of rotatable bonds is 5. The second-order valence-electron chi connectivity index (χ2n) is 11.8. The zero-order valence-corrected chi connectivity index (χ0v) is 24.3. The third kappa shape index (κ3) is 7.38. The maximum absolute atomic E-state index is 13.3. The number of halogens is 4. The molecule has 41 heavy (non-hydrogen) atoms. The van der Waals surface area contributed by atoms with Gasteiger partial charge in [-0.1, -0.05) is 16.8 Å². The number of ether oxygens (including phenoxy) is 2. The zero-order valence-electron chi connectivity index (χ0n) is 23.6. The first-order valence-electron chi connectivity index (χ1n) is 13.0. The molecule has 0 radical (unpaired) electrons. The summed E-state index contributed by atoms with van der Waals surface area (Å²) in [6, 6.07) is 8.19. The monoisotopic (exact) mass is 593 g/mol. The van der Waals surface area contributed by atoms with Crippen LogP contribution in [-0.4, -0.2) is 39.4 Å². The molecule has 1 atom stereocenters. The number of esters is 1. The van der Waals surface area contributed by atoms with Gasteiger partial charge in [0, 0.05) is 23.6 Å². The summed E-state index contributed by atoms with van der Waals surface area (Å²) in [4.78, 5) is 31.4. The predicted octanol–water partition coefficient (Wildman–Crippen LogP) is 7.86. The van der Waals surface area contributed by atoms with Gasteiger partial charge in [-0.05, 0) is 96.3 Å². The van der Waals surface area contributed by atoms with Gasteiger partial charge >= 0.3 is 18.2 Å². The molecular weight excluding hydrogens is 563 g/mol. The quantitative estimate of drug-likeness (QED) is 0.278. The number of alkyl halides is 3. The van der Waals surface area contributed by atoms with Crippen LogP contribution in [0.15, 0.2) is 40.9 Å². The Kier molecular flexibility index (Phi) is 8.14. The highest BCUT2D eigenvalue weighted by atomic mass is 35.5. The number of aromatic nitrogens is 2. The van der Waals surface area contributed by atoms with Crippen LogP contribution in [0.2, 0.25) is 5.02 Å². The zero-order chi connectivity index (χ0) is 30.3. The topological polar surface area (TPSA) is 94.8 Å². The molecule has 0 aliphatic carbocycles. The fraction of sp³-hybridized carbons (Fsp3) is 0.448. The lowest BCUT2D eigenvalue weighted by Crippen LogP contribution is -2.41. The van der Waals surface area contributed by atoms with E-state index in [0.29, 0.717) is 24.1 Å². The highest BCUT2D eigenvalue weighted by molar-refractivity contribution is 6.31. The normalized spacial score (nSPS) is 15.6. The fourth-order valence-corrected chi connectivity index (χ4v) is 4.69. The van der Waals surface area contributed by atoms with Crippen LogP contribution in [0.3, 0.4) is 0 Å². The van der Waals surface area contributed by atoms with Gasteiger partial charge in [-0.2, -0.15) is 18.2 Å². The minimum atomic E-state index is -4.64. The molecule has 0 N–H and O–H groups in total. The molecule has 2 heterocycles. The first-order chi connectivity index (χ1) is 18.9. The Morgan fingerprint density at radius 1 is 1.00 bits per heavy atom. The number of benzene rings is 2. The SMILES string of the molecule is CC(C)(C)OC(=O)CC[C@@H]1Cc2cc(-c3noc(-c4ccc(Cl)c(C(F)(F)F)c4)n3)ccc2N1C(=O)OC(C)(C)C. The molecule has 0 saturated carbocycles. The van der Waals surface area contributed by atoms with Crippen molar-refractivity contribution in [1.29, 1.82) is 0 Å². The van der Waals surface area contributed by atoms with E-state index in [1.54, 1.807) is 64.6 Å². The van der Waals surface area contributed by atoms with Crippen molar-refractivity contribution in [2.24, 2.45) is 0 Å². The number of fused-ring (bicyclic) bond motifs is 1. The van der Waals surface area contributed by atoms with Crippen molar-refractivity contribution >= 4 is 29.4 Å². The summed E-state index contributed by atoms with van der Waals surface area (Å²) in [7, 11) is 0. The molecule has 0 unspecified atom stereocenters. The van der Waals surface area contributed by atoms with Gasteiger partial charge in [-0.25, -0.2) is 4.79 Å². The summed E-state index contributed by atoms with van der Waals surface area (Å²) < 4.78 is 56.3. The van der Waals surface area contributed by atoms with Crippen molar-refractivity contribution < 1.29 is 36.8 Å². The minimum Gasteiger partial charge on any atom is -0.460 e. The maximum atomic E-state index is 13.3. The smallest absolute Gasteiger partial charge is 0.417 e. The van der Waals surface area contributed by atoms with E-state index in [9.17, 15) is 22.8 Å². The van der Waals surface area contributed by atoms with Gasteiger partial charge < -0.3 is 14.0 Å². The molecule has 1 amide bonds. The van der Waals surface area contributed by atoms with Crippen LogP contribution in [0.25, 0.3) is 22.8 Å². The Morgan fingerprint density at radius 3 is 2.29 bits per heavy atom. The van der Waals surface area contributed by atoms with E-state index in [4.69, 9.17) is 25.6 Å². The lowest BCUT2D eigenvalue weighted by atomic mass is 10.0. The van der Waals surface area contributed by atoms with Gasteiger partial charge in [0.15, 0.2) is 0 Å². The molecular formula is C29H31ClF3N3O5. The first kappa shape index (κ1) is 30.4. The Balaban J connectivity index is 1.60. The molecule has 0 bridgehead atoms. The summed E-state index contributed by atoms with van der Waals surface area (Å²) >= 11 is 5.72. The van der Waals surface area contributed by atoms with Crippen LogP contribution in [0, 0.1) is 0 Å². The third-order valence-electron chi connectivity index (χ3n) is 6.05. The van der Waals surface area contributed by atoms with E-state index in [1.807, 2.05) is 0 Å².